The third kappa shape index (κ3) is 3.52. The van der Waals surface area contributed by atoms with E-state index < -0.39 is 0 Å². The van der Waals surface area contributed by atoms with Gasteiger partial charge in [0, 0.05) is 24.7 Å². The molecule has 0 saturated carbocycles. The average Bonchev–Trinajstić information content (AvgIpc) is 3.23. The van der Waals surface area contributed by atoms with Crippen molar-refractivity contribution < 1.29 is 4.79 Å². The lowest BCUT2D eigenvalue weighted by Gasteiger charge is -2.34. The van der Waals surface area contributed by atoms with E-state index in [9.17, 15) is 4.79 Å². The Bertz CT molecular complexity index is 691. The van der Waals surface area contributed by atoms with Gasteiger partial charge in [-0.05, 0) is 32.5 Å². The number of aryl methyl sites for hydroxylation is 1. The van der Waals surface area contributed by atoms with Crippen LogP contribution in [0.4, 0.5) is 0 Å². The number of carbonyl (C=O) groups excluding carboxylic acids is 1. The van der Waals surface area contributed by atoms with E-state index in [2.05, 4.69) is 33.5 Å². The molecule has 0 radical (unpaired) electrons. The molecule has 2 aromatic rings. The zero-order chi connectivity index (χ0) is 17.1. The second kappa shape index (κ2) is 7.44. The zero-order valence-electron chi connectivity index (χ0n) is 14.6. The Kier molecular flexibility index (Phi) is 5.30. The Hall–Kier alpha value is -1.73. The maximum absolute atomic E-state index is 12.8. The molecule has 7 heteroatoms. The highest BCUT2D eigenvalue weighted by molar-refractivity contribution is 7.09. The first-order chi connectivity index (χ1) is 11.6. The predicted molar refractivity (Wildman–Crippen MR) is 95.3 cm³/mol. The summed E-state index contributed by atoms with van der Waals surface area (Å²) in [6.07, 6.45) is 2.83. The van der Waals surface area contributed by atoms with Crippen LogP contribution in [0.25, 0.3) is 0 Å². The van der Waals surface area contributed by atoms with Crippen molar-refractivity contribution in [2.24, 2.45) is 0 Å². The number of thiazole rings is 1. The number of hydrogen-bond donors (Lipinski definition) is 0. The first kappa shape index (κ1) is 17.1. The van der Waals surface area contributed by atoms with Gasteiger partial charge >= 0.3 is 0 Å². The molecule has 6 nitrogen and oxygen atoms in total. The van der Waals surface area contributed by atoms with Gasteiger partial charge < -0.3 is 9.80 Å². The molecule has 3 rings (SSSR count). The molecule has 1 atom stereocenters. The number of fused-ring (bicyclic) bond motifs is 1. The monoisotopic (exact) mass is 347 g/mol. The quantitative estimate of drug-likeness (QED) is 0.806. The van der Waals surface area contributed by atoms with Crippen LogP contribution in [0.2, 0.25) is 0 Å². The van der Waals surface area contributed by atoms with Gasteiger partial charge in [0.2, 0.25) is 0 Å². The van der Waals surface area contributed by atoms with Crippen molar-refractivity contribution in [2.45, 2.75) is 39.8 Å². The highest BCUT2D eigenvalue weighted by Crippen LogP contribution is 2.25. The minimum absolute atomic E-state index is 0.0274. The van der Waals surface area contributed by atoms with Gasteiger partial charge in [-0.2, -0.15) is 5.10 Å². The van der Waals surface area contributed by atoms with E-state index in [-0.39, 0.29) is 11.9 Å². The number of amides is 1. The van der Waals surface area contributed by atoms with Crippen molar-refractivity contribution in [3.05, 3.63) is 34.0 Å². The number of aromatic nitrogens is 3. The molecule has 24 heavy (non-hydrogen) atoms. The van der Waals surface area contributed by atoms with E-state index in [1.165, 1.54) is 11.3 Å². The van der Waals surface area contributed by atoms with Crippen LogP contribution in [0.3, 0.4) is 0 Å². The van der Waals surface area contributed by atoms with E-state index in [4.69, 9.17) is 0 Å². The van der Waals surface area contributed by atoms with E-state index in [1.54, 1.807) is 0 Å². The van der Waals surface area contributed by atoms with Crippen molar-refractivity contribution in [3.8, 4) is 0 Å². The van der Waals surface area contributed by atoms with Crippen molar-refractivity contribution in [1.29, 1.82) is 0 Å². The van der Waals surface area contributed by atoms with Crippen LogP contribution < -0.4 is 0 Å². The van der Waals surface area contributed by atoms with Crippen LogP contribution in [0, 0.1) is 6.92 Å². The molecule has 0 fully saturated rings. The Labute approximate surface area is 147 Å². The van der Waals surface area contributed by atoms with Gasteiger partial charge in [0.15, 0.2) is 0 Å². The summed E-state index contributed by atoms with van der Waals surface area (Å²) in [6.45, 7) is 10.7. The predicted octanol–water partition coefficient (Wildman–Crippen LogP) is 2.58. The van der Waals surface area contributed by atoms with Gasteiger partial charge in [-0.15, -0.1) is 11.3 Å². The maximum Gasteiger partial charge on any atom is 0.273 e. The van der Waals surface area contributed by atoms with Crippen molar-refractivity contribution in [2.75, 3.05) is 26.2 Å². The maximum atomic E-state index is 12.8. The Balaban J connectivity index is 1.74. The molecule has 0 spiro atoms. The van der Waals surface area contributed by atoms with Crippen molar-refractivity contribution in [1.82, 2.24) is 24.6 Å². The first-order valence-electron chi connectivity index (χ1n) is 8.58. The lowest BCUT2D eigenvalue weighted by atomic mass is 10.1. The van der Waals surface area contributed by atoms with Gasteiger partial charge in [-0.3, -0.25) is 9.48 Å². The molecule has 0 unspecified atom stereocenters. The fourth-order valence-corrected chi connectivity index (χ4v) is 3.84. The molecule has 3 heterocycles. The second-order valence-electron chi connectivity index (χ2n) is 6.17. The SMILES string of the molecule is CCN(CC)CC[C@H]1CN(C(=O)c2csc(C)n2)Cc2ccnn21. The summed E-state index contributed by atoms with van der Waals surface area (Å²) in [4.78, 5) is 21.4. The number of carbonyl (C=O) groups is 1. The zero-order valence-corrected chi connectivity index (χ0v) is 15.4. The summed E-state index contributed by atoms with van der Waals surface area (Å²) in [5.74, 6) is 0.0274. The van der Waals surface area contributed by atoms with Crippen LogP contribution in [-0.2, 0) is 6.54 Å². The Morgan fingerprint density at radius 2 is 2.21 bits per heavy atom. The highest BCUT2D eigenvalue weighted by atomic mass is 32.1. The van der Waals surface area contributed by atoms with Gasteiger partial charge in [0.25, 0.3) is 5.91 Å². The molecule has 2 aromatic heterocycles. The van der Waals surface area contributed by atoms with E-state index in [0.29, 0.717) is 18.8 Å². The average molecular weight is 347 g/mol. The Morgan fingerprint density at radius 3 is 2.88 bits per heavy atom. The van der Waals surface area contributed by atoms with Gasteiger partial charge in [-0.1, -0.05) is 13.8 Å². The summed E-state index contributed by atoms with van der Waals surface area (Å²) >= 11 is 1.52. The van der Waals surface area contributed by atoms with Gasteiger partial charge in [0.05, 0.1) is 23.3 Å². The second-order valence-corrected chi connectivity index (χ2v) is 7.24. The molecule has 130 valence electrons. The topological polar surface area (TPSA) is 54.3 Å². The normalized spacial score (nSPS) is 17.3. The van der Waals surface area contributed by atoms with Crippen LogP contribution in [0.5, 0.6) is 0 Å². The molecule has 0 bridgehead atoms. The lowest BCUT2D eigenvalue weighted by Crippen LogP contribution is -2.42. The fraction of sp³-hybridized carbons (Fsp3) is 0.588. The van der Waals surface area contributed by atoms with Crippen molar-refractivity contribution >= 4 is 17.2 Å². The molecule has 0 N–H and O–H groups in total. The van der Waals surface area contributed by atoms with Crippen LogP contribution in [-0.4, -0.2) is 56.7 Å². The minimum atomic E-state index is 0.0274. The van der Waals surface area contributed by atoms with Crippen LogP contribution >= 0.6 is 11.3 Å². The van der Waals surface area contributed by atoms with E-state index in [0.717, 1.165) is 36.8 Å². The van der Waals surface area contributed by atoms with Crippen LogP contribution in [0.15, 0.2) is 17.6 Å². The van der Waals surface area contributed by atoms with E-state index >= 15 is 0 Å². The fourth-order valence-electron chi connectivity index (χ4n) is 3.25. The third-order valence-electron chi connectivity index (χ3n) is 4.68. The van der Waals surface area contributed by atoms with Gasteiger partial charge in [-0.25, -0.2) is 4.98 Å². The molecular formula is C17H25N5OS. The largest absolute Gasteiger partial charge is 0.329 e. The lowest BCUT2D eigenvalue weighted by molar-refractivity contribution is 0.0652. The van der Waals surface area contributed by atoms with Crippen LogP contribution in [0.1, 0.15) is 47.5 Å². The molecule has 1 aliphatic rings. The molecule has 1 amide bonds. The number of rotatable bonds is 6. The Morgan fingerprint density at radius 1 is 1.42 bits per heavy atom. The summed E-state index contributed by atoms with van der Waals surface area (Å²) in [5.41, 5.74) is 1.67. The molecule has 0 aliphatic carbocycles. The summed E-state index contributed by atoms with van der Waals surface area (Å²) in [5, 5.41) is 7.27. The summed E-state index contributed by atoms with van der Waals surface area (Å²) in [6, 6.07) is 2.24. The standard InChI is InChI=1S/C17H25N5OS/c1-4-20(5-2)9-7-15-11-21(10-14-6-8-18-22(14)15)17(23)16-12-24-13(3)19-16/h6,8,12,15H,4-5,7,9-11H2,1-3H3/t15-/m0/s1. The smallest absolute Gasteiger partial charge is 0.273 e. The minimum Gasteiger partial charge on any atom is -0.329 e. The number of nitrogens with zero attached hydrogens (tertiary/aromatic N) is 5. The van der Waals surface area contributed by atoms with Gasteiger partial charge in [0.1, 0.15) is 5.69 Å². The molecule has 0 saturated heterocycles. The van der Waals surface area contributed by atoms with E-state index in [1.807, 2.05) is 29.5 Å². The summed E-state index contributed by atoms with van der Waals surface area (Å²) in [7, 11) is 0. The molecule has 1 aliphatic heterocycles. The summed E-state index contributed by atoms with van der Waals surface area (Å²) < 4.78 is 2.10. The highest BCUT2D eigenvalue weighted by Gasteiger charge is 2.29. The first-order valence-corrected chi connectivity index (χ1v) is 9.46. The molecule has 0 aromatic carbocycles. The molecular weight excluding hydrogens is 322 g/mol. The van der Waals surface area contributed by atoms with Crippen molar-refractivity contribution in [3.63, 3.8) is 0 Å². The number of hydrogen-bond acceptors (Lipinski definition) is 5. The third-order valence-corrected chi connectivity index (χ3v) is 5.45.